The third kappa shape index (κ3) is 4.42. The van der Waals surface area contributed by atoms with Gasteiger partial charge in [-0.25, -0.2) is 0 Å². The van der Waals surface area contributed by atoms with Gasteiger partial charge in [-0.1, -0.05) is 6.07 Å². The number of ether oxygens (including phenoxy) is 2. The summed E-state index contributed by atoms with van der Waals surface area (Å²) in [5.41, 5.74) is 1.23. The molecule has 6 nitrogen and oxygen atoms in total. The highest BCUT2D eigenvalue weighted by Gasteiger charge is 2.32. The Balaban J connectivity index is 1.49. The Hall–Kier alpha value is -1.66. The summed E-state index contributed by atoms with van der Waals surface area (Å²) >= 11 is 0. The minimum atomic E-state index is 0.156. The fourth-order valence-electron chi connectivity index (χ4n) is 3.19. The molecule has 0 radical (unpaired) electrons. The number of guanidine groups is 1. The van der Waals surface area contributed by atoms with Crippen LogP contribution in [0.4, 0.5) is 0 Å². The minimum Gasteiger partial charge on any atom is -0.375 e. The first-order chi connectivity index (χ1) is 11.4. The maximum Gasteiger partial charge on any atom is 0.193 e. The number of aromatic nitrogens is 1. The van der Waals surface area contributed by atoms with E-state index in [0.29, 0.717) is 0 Å². The van der Waals surface area contributed by atoms with Crippen molar-refractivity contribution in [1.29, 1.82) is 0 Å². The standard InChI is InChI=1S/C17H26N4O2/c1-18-17(20-8-6-14-4-2-7-19-12-14)21-9-11-23-16(13-21)15-5-3-10-22-15/h2,4,7,12,15-16H,3,5-6,8-11,13H2,1H3,(H,18,20). The van der Waals surface area contributed by atoms with E-state index in [0.717, 1.165) is 58.1 Å². The number of hydrogen-bond donors (Lipinski definition) is 1. The van der Waals surface area contributed by atoms with Crippen molar-refractivity contribution in [2.75, 3.05) is 39.9 Å². The van der Waals surface area contributed by atoms with Gasteiger partial charge in [-0.3, -0.25) is 9.98 Å². The second-order valence-corrected chi connectivity index (χ2v) is 5.99. The third-order valence-electron chi connectivity index (χ3n) is 4.40. The summed E-state index contributed by atoms with van der Waals surface area (Å²) in [6.45, 7) is 4.16. The van der Waals surface area contributed by atoms with Gasteiger partial charge >= 0.3 is 0 Å². The lowest BCUT2D eigenvalue weighted by Gasteiger charge is -2.37. The zero-order valence-corrected chi connectivity index (χ0v) is 13.8. The van der Waals surface area contributed by atoms with Gasteiger partial charge in [0.25, 0.3) is 0 Å². The van der Waals surface area contributed by atoms with E-state index in [1.807, 2.05) is 19.3 Å². The Morgan fingerprint density at radius 3 is 3.04 bits per heavy atom. The van der Waals surface area contributed by atoms with Crippen LogP contribution in [0.3, 0.4) is 0 Å². The van der Waals surface area contributed by atoms with Crippen molar-refractivity contribution in [2.45, 2.75) is 31.5 Å². The lowest BCUT2D eigenvalue weighted by Crippen LogP contribution is -2.53. The quantitative estimate of drug-likeness (QED) is 0.665. The predicted octanol–water partition coefficient (Wildman–Crippen LogP) is 1.08. The van der Waals surface area contributed by atoms with Gasteiger partial charge in [0.2, 0.25) is 0 Å². The topological polar surface area (TPSA) is 59.0 Å². The fraction of sp³-hybridized carbons (Fsp3) is 0.647. The summed E-state index contributed by atoms with van der Waals surface area (Å²) < 4.78 is 11.7. The molecule has 23 heavy (non-hydrogen) atoms. The lowest BCUT2D eigenvalue weighted by molar-refractivity contribution is -0.0816. The van der Waals surface area contributed by atoms with Crippen molar-refractivity contribution in [3.8, 4) is 0 Å². The van der Waals surface area contributed by atoms with Gasteiger partial charge in [-0.05, 0) is 30.9 Å². The Bertz CT molecular complexity index is 503. The Kier molecular flexibility index (Phi) is 5.82. The van der Waals surface area contributed by atoms with Crippen LogP contribution in [0.5, 0.6) is 0 Å². The van der Waals surface area contributed by atoms with Gasteiger partial charge < -0.3 is 19.7 Å². The zero-order valence-electron chi connectivity index (χ0n) is 13.8. The second kappa shape index (κ2) is 8.26. The van der Waals surface area contributed by atoms with E-state index in [4.69, 9.17) is 9.47 Å². The van der Waals surface area contributed by atoms with Crippen molar-refractivity contribution in [2.24, 2.45) is 4.99 Å². The molecule has 0 saturated carbocycles. The second-order valence-electron chi connectivity index (χ2n) is 5.99. The Morgan fingerprint density at radius 1 is 1.39 bits per heavy atom. The molecule has 0 aromatic carbocycles. The summed E-state index contributed by atoms with van der Waals surface area (Å²) in [7, 11) is 1.84. The number of aliphatic imine (C=N–C) groups is 1. The molecule has 1 aromatic heterocycles. The highest BCUT2D eigenvalue weighted by molar-refractivity contribution is 5.80. The van der Waals surface area contributed by atoms with Crippen LogP contribution in [0.15, 0.2) is 29.5 Å². The average molecular weight is 318 g/mol. The van der Waals surface area contributed by atoms with Crippen LogP contribution in [-0.4, -0.2) is 67.9 Å². The van der Waals surface area contributed by atoms with Gasteiger partial charge in [0.05, 0.1) is 12.7 Å². The molecule has 2 unspecified atom stereocenters. The highest BCUT2D eigenvalue weighted by Crippen LogP contribution is 2.20. The maximum absolute atomic E-state index is 5.90. The number of rotatable bonds is 4. The molecule has 2 aliphatic heterocycles. The van der Waals surface area contributed by atoms with Crippen LogP contribution < -0.4 is 5.32 Å². The zero-order chi connectivity index (χ0) is 15.9. The van der Waals surface area contributed by atoms with E-state index in [-0.39, 0.29) is 12.2 Å². The number of pyridine rings is 1. The van der Waals surface area contributed by atoms with Crippen LogP contribution in [0.2, 0.25) is 0 Å². The molecule has 1 N–H and O–H groups in total. The summed E-state index contributed by atoms with van der Waals surface area (Å²) in [5, 5.41) is 3.45. The summed E-state index contributed by atoms with van der Waals surface area (Å²) in [6.07, 6.45) is 7.29. The van der Waals surface area contributed by atoms with Crippen LogP contribution >= 0.6 is 0 Å². The van der Waals surface area contributed by atoms with E-state index < -0.39 is 0 Å². The van der Waals surface area contributed by atoms with E-state index in [1.165, 1.54) is 5.56 Å². The van der Waals surface area contributed by atoms with E-state index in [9.17, 15) is 0 Å². The van der Waals surface area contributed by atoms with Crippen molar-refractivity contribution in [1.82, 2.24) is 15.2 Å². The predicted molar refractivity (Wildman–Crippen MR) is 89.6 cm³/mol. The van der Waals surface area contributed by atoms with Crippen LogP contribution in [0, 0.1) is 0 Å². The fourth-order valence-corrected chi connectivity index (χ4v) is 3.19. The normalized spacial score (nSPS) is 25.6. The minimum absolute atomic E-state index is 0.156. The molecule has 3 heterocycles. The summed E-state index contributed by atoms with van der Waals surface area (Å²) in [4.78, 5) is 10.8. The van der Waals surface area contributed by atoms with Gasteiger partial charge in [0, 0.05) is 45.7 Å². The van der Waals surface area contributed by atoms with Crippen LogP contribution in [-0.2, 0) is 15.9 Å². The first-order valence-electron chi connectivity index (χ1n) is 8.44. The van der Waals surface area contributed by atoms with Crippen LogP contribution in [0.1, 0.15) is 18.4 Å². The van der Waals surface area contributed by atoms with Gasteiger partial charge in [0.1, 0.15) is 6.10 Å². The number of hydrogen-bond acceptors (Lipinski definition) is 4. The highest BCUT2D eigenvalue weighted by atomic mass is 16.5. The van der Waals surface area contributed by atoms with Gasteiger partial charge in [-0.2, -0.15) is 0 Å². The molecule has 6 heteroatoms. The van der Waals surface area contributed by atoms with Crippen molar-refractivity contribution < 1.29 is 9.47 Å². The third-order valence-corrected chi connectivity index (χ3v) is 4.40. The molecular weight excluding hydrogens is 292 g/mol. The van der Waals surface area contributed by atoms with Crippen molar-refractivity contribution >= 4 is 5.96 Å². The number of nitrogens with one attached hydrogen (secondary N) is 1. The molecule has 1 aromatic rings. The Morgan fingerprint density at radius 2 is 2.30 bits per heavy atom. The summed E-state index contributed by atoms with van der Waals surface area (Å²) in [6, 6.07) is 4.07. The van der Waals surface area contributed by atoms with E-state index in [2.05, 4.69) is 26.3 Å². The van der Waals surface area contributed by atoms with E-state index >= 15 is 0 Å². The molecule has 2 fully saturated rings. The molecule has 0 spiro atoms. The molecule has 2 saturated heterocycles. The van der Waals surface area contributed by atoms with Crippen LogP contribution in [0.25, 0.3) is 0 Å². The first kappa shape index (κ1) is 16.2. The lowest BCUT2D eigenvalue weighted by atomic mass is 10.1. The monoisotopic (exact) mass is 318 g/mol. The molecule has 2 aliphatic rings. The molecule has 0 aliphatic carbocycles. The molecule has 126 valence electrons. The first-order valence-corrected chi connectivity index (χ1v) is 8.44. The number of nitrogens with zero attached hydrogens (tertiary/aromatic N) is 3. The maximum atomic E-state index is 5.90. The van der Waals surface area contributed by atoms with Crippen molar-refractivity contribution in [3.63, 3.8) is 0 Å². The molecule has 3 rings (SSSR count). The Labute approximate surface area is 137 Å². The van der Waals surface area contributed by atoms with E-state index in [1.54, 1.807) is 6.20 Å². The van der Waals surface area contributed by atoms with Crippen molar-refractivity contribution in [3.05, 3.63) is 30.1 Å². The average Bonchev–Trinajstić information content (AvgIpc) is 3.14. The van der Waals surface area contributed by atoms with Gasteiger partial charge in [-0.15, -0.1) is 0 Å². The molecular formula is C17H26N4O2. The molecule has 2 atom stereocenters. The smallest absolute Gasteiger partial charge is 0.193 e. The number of morpholine rings is 1. The SMILES string of the molecule is CN=C(NCCc1cccnc1)N1CCOC(C2CCCO2)C1. The molecule has 0 bridgehead atoms. The summed E-state index contributed by atoms with van der Waals surface area (Å²) in [5.74, 6) is 0.945. The molecule has 0 amide bonds. The largest absolute Gasteiger partial charge is 0.375 e. The van der Waals surface area contributed by atoms with Gasteiger partial charge in [0.15, 0.2) is 5.96 Å².